The van der Waals surface area contributed by atoms with Crippen LogP contribution in [0.3, 0.4) is 0 Å². The average molecular weight is 485 g/mol. The molecule has 180 valence electrons. The molecule has 1 aliphatic carbocycles. The second kappa shape index (κ2) is 9.70. The van der Waals surface area contributed by atoms with Crippen molar-refractivity contribution < 1.29 is 4.79 Å². The lowest BCUT2D eigenvalue weighted by Gasteiger charge is -2.30. The van der Waals surface area contributed by atoms with Crippen LogP contribution in [0.25, 0.3) is 6.08 Å². The van der Waals surface area contributed by atoms with Crippen molar-refractivity contribution in [3.63, 3.8) is 0 Å². The summed E-state index contributed by atoms with van der Waals surface area (Å²) in [6.07, 6.45) is 5.37. The van der Waals surface area contributed by atoms with Gasteiger partial charge in [-0.05, 0) is 77.8 Å². The van der Waals surface area contributed by atoms with Crippen LogP contribution >= 0.6 is 11.3 Å². The SMILES string of the molecule is CN(C)c1ccc(/C=C2\CCC[C@@H]3C2=NN(C(=O)c2cccs2)[C@@H]3c2ccc(N(C)C)cc2)cc1. The molecule has 0 spiro atoms. The molecule has 0 radical (unpaired) electrons. The number of amides is 1. The van der Waals surface area contributed by atoms with Gasteiger partial charge in [0.1, 0.15) is 0 Å². The van der Waals surface area contributed by atoms with Crippen LogP contribution in [0.5, 0.6) is 0 Å². The van der Waals surface area contributed by atoms with Crippen LogP contribution in [0.1, 0.15) is 46.1 Å². The van der Waals surface area contributed by atoms with Gasteiger partial charge >= 0.3 is 0 Å². The van der Waals surface area contributed by atoms with Crippen molar-refractivity contribution in [2.45, 2.75) is 25.3 Å². The molecular weight excluding hydrogens is 452 g/mol. The van der Waals surface area contributed by atoms with Crippen molar-refractivity contribution >= 4 is 40.4 Å². The highest BCUT2D eigenvalue weighted by Gasteiger charge is 2.44. The third kappa shape index (κ3) is 4.63. The lowest BCUT2D eigenvalue weighted by Crippen LogP contribution is -2.31. The Balaban J connectivity index is 1.53. The van der Waals surface area contributed by atoms with Gasteiger partial charge in [0.15, 0.2) is 0 Å². The summed E-state index contributed by atoms with van der Waals surface area (Å²) >= 11 is 1.48. The van der Waals surface area contributed by atoms with E-state index in [0.29, 0.717) is 0 Å². The van der Waals surface area contributed by atoms with E-state index in [4.69, 9.17) is 5.10 Å². The minimum Gasteiger partial charge on any atom is -0.378 e. The Morgan fingerprint density at radius 1 is 0.971 bits per heavy atom. The van der Waals surface area contributed by atoms with Crippen LogP contribution in [0.4, 0.5) is 11.4 Å². The fourth-order valence-electron chi connectivity index (χ4n) is 5.05. The number of carbonyl (C=O) groups is 1. The molecule has 3 aromatic rings. The largest absolute Gasteiger partial charge is 0.378 e. The smallest absolute Gasteiger partial charge is 0.284 e. The van der Waals surface area contributed by atoms with E-state index < -0.39 is 0 Å². The summed E-state index contributed by atoms with van der Waals surface area (Å²) in [5.74, 6) is 0.184. The van der Waals surface area contributed by atoms with Gasteiger partial charge in [-0.2, -0.15) is 5.10 Å². The molecule has 6 heteroatoms. The zero-order valence-corrected chi connectivity index (χ0v) is 21.6. The Kier molecular flexibility index (Phi) is 6.48. The summed E-state index contributed by atoms with van der Waals surface area (Å²) in [5.41, 5.74) is 6.95. The average Bonchev–Trinajstić information content (AvgIpc) is 3.53. The Morgan fingerprint density at radius 2 is 1.63 bits per heavy atom. The first kappa shape index (κ1) is 23.4. The number of fused-ring (bicyclic) bond motifs is 1. The maximum absolute atomic E-state index is 13.6. The number of benzene rings is 2. The Labute approximate surface area is 212 Å². The third-order valence-electron chi connectivity index (χ3n) is 6.94. The highest BCUT2D eigenvalue weighted by Crippen LogP contribution is 2.45. The summed E-state index contributed by atoms with van der Waals surface area (Å²) in [4.78, 5) is 18.5. The molecule has 0 N–H and O–H groups in total. The standard InChI is InChI=1S/C29H32N4OS/c1-31(2)23-14-10-20(11-15-23)19-22-7-5-8-25-27(22)30-33(29(34)26-9-6-18-35-26)28(25)21-12-16-24(17-13-21)32(3)4/h6,9-19,25,28H,5,7-8H2,1-4H3/b22-19+/t25-,28-/m1/s1. The van der Waals surface area contributed by atoms with Gasteiger partial charge in [-0.25, -0.2) is 5.01 Å². The fraction of sp³-hybridized carbons (Fsp3) is 0.310. The van der Waals surface area contributed by atoms with Gasteiger partial charge in [-0.15, -0.1) is 11.3 Å². The minimum atomic E-state index is -0.0874. The Morgan fingerprint density at radius 3 is 2.23 bits per heavy atom. The quantitative estimate of drug-likeness (QED) is 0.426. The number of hydrogen-bond acceptors (Lipinski definition) is 5. The van der Waals surface area contributed by atoms with E-state index in [0.717, 1.165) is 41.1 Å². The van der Waals surface area contributed by atoms with E-state index in [2.05, 4.69) is 78.5 Å². The monoisotopic (exact) mass is 484 g/mol. The summed E-state index contributed by atoms with van der Waals surface area (Å²) in [6, 6.07) is 20.9. The predicted molar refractivity (Wildman–Crippen MR) is 148 cm³/mol. The molecule has 2 aromatic carbocycles. The molecule has 1 saturated carbocycles. The maximum atomic E-state index is 13.6. The number of anilines is 2. The molecule has 5 nitrogen and oxygen atoms in total. The Bertz CT molecular complexity index is 1240. The summed E-state index contributed by atoms with van der Waals surface area (Å²) in [6.45, 7) is 0. The number of thiophene rings is 1. The van der Waals surface area contributed by atoms with E-state index in [-0.39, 0.29) is 17.9 Å². The number of allylic oxidation sites excluding steroid dienone is 1. The molecule has 1 aliphatic heterocycles. The maximum Gasteiger partial charge on any atom is 0.284 e. The number of hydrazone groups is 1. The minimum absolute atomic E-state index is 0.0155. The van der Waals surface area contributed by atoms with Crippen LogP contribution in [0.15, 0.2) is 76.7 Å². The van der Waals surface area contributed by atoms with Crippen LogP contribution in [-0.2, 0) is 0 Å². The van der Waals surface area contributed by atoms with Crippen molar-refractivity contribution in [2.24, 2.45) is 11.0 Å². The van der Waals surface area contributed by atoms with Gasteiger partial charge < -0.3 is 9.80 Å². The molecular formula is C29H32N4OS. The molecule has 2 aliphatic rings. The van der Waals surface area contributed by atoms with Crippen molar-refractivity contribution in [3.8, 4) is 0 Å². The van der Waals surface area contributed by atoms with Crippen LogP contribution in [-0.4, -0.2) is 44.8 Å². The van der Waals surface area contributed by atoms with E-state index >= 15 is 0 Å². The first-order valence-corrected chi connectivity index (χ1v) is 13.0. The summed E-state index contributed by atoms with van der Waals surface area (Å²) in [5, 5.41) is 8.73. The van der Waals surface area contributed by atoms with Crippen LogP contribution < -0.4 is 9.80 Å². The lowest BCUT2D eigenvalue weighted by molar-refractivity contribution is 0.0686. The molecule has 5 rings (SSSR count). The topological polar surface area (TPSA) is 39.1 Å². The number of nitrogens with zero attached hydrogens (tertiary/aromatic N) is 4. The molecule has 0 saturated heterocycles. The summed E-state index contributed by atoms with van der Waals surface area (Å²) < 4.78 is 0. The molecule has 1 fully saturated rings. The molecule has 2 heterocycles. The molecule has 0 bridgehead atoms. The number of hydrogen-bond donors (Lipinski definition) is 0. The van der Waals surface area contributed by atoms with E-state index in [9.17, 15) is 4.79 Å². The van der Waals surface area contributed by atoms with Gasteiger partial charge in [-0.3, -0.25) is 4.79 Å². The number of rotatable bonds is 5. The molecule has 0 unspecified atom stereocenters. The zero-order valence-electron chi connectivity index (χ0n) is 20.8. The number of carbonyl (C=O) groups excluding carboxylic acids is 1. The van der Waals surface area contributed by atoms with Gasteiger partial charge in [-0.1, -0.05) is 30.3 Å². The van der Waals surface area contributed by atoms with Gasteiger partial charge in [0.25, 0.3) is 5.91 Å². The fourth-order valence-corrected chi connectivity index (χ4v) is 5.71. The van der Waals surface area contributed by atoms with Crippen LogP contribution in [0, 0.1) is 5.92 Å². The Hall–Kier alpha value is -3.38. The second-order valence-corrected chi connectivity index (χ2v) is 10.6. The van der Waals surface area contributed by atoms with Gasteiger partial charge in [0, 0.05) is 45.5 Å². The first-order chi connectivity index (χ1) is 16.9. The van der Waals surface area contributed by atoms with Crippen molar-refractivity contribution in [2.75, 3.05) is 38.0 Å². The normalized spacial score (nSPS) is 20.5. The third-order valence-corrected chi connectivity index (χ3v) is 7.80. The highest BCUT2D eigenvalue weighted by atomic mass is 32.1. The molecule has 2 atom stereocenters. The molecule has 35 heavy (non-hydrogen) atoms. The predicted octanol–water partition coefficient (Wildman–Crippen LogP) is 6.32. The van der Waals surface area contributed by atoms with E-state index in [1.165, 1.54) is 28.2 Å². The zero-order chi connectivity index (χ0) is 24.5. The van der Waals surface area contributed by atoms with E-state index in [1.54, 1.807) is 5.01 Å². The van der Waals surface area contributed by atoms with E-state index in [1.807, 2.05) is 31.6 Å². The summed E-state index contributed by atoms with van der Waals surface area (Å²) in [7, 11) is 8.19. The second-order valence-electron chi connectivity index (χ2n) is 9.70. The lowest BCUT2D eigenvalue weighted by atomic mass is 9.77. The highest BCUT2D eigenvalue weighted by molar-refractivity contribution is 7.12. The molecule has 1 amide bonds. The van der Waals surface area contributed by atoms with Gasteiger partial charge in [0.2, 0.25) is 0 Å². The molecule has 1 aromatic heterocycles. The van der Waals surface area contributed by atoms with Crippen LogP contribution in [0.2, 0.25) is 0 Å². The van der Waals surface area contributed by atoms with Gasteiger partial charge in [0.05, 0.1) is 16.6 Å². The van der Waals surface area contributed by atoms with Crippen molar-refractivity contribution in [1.29, 1.82) is 0 Å². The first-order valence-electron chi connectivity index (χ1n) is 12.1. The van der Waals surface area contributed by atoms with Crippen molar-refractivity contribution in [1.82, 2.24) is 5.01 Å². The van der Waals surface area contributed by atoms with Crippen molar-refractivity contribution in [3.05, 3.63) is 87.6 Å².